The number of hydrogen-bond acceptors (Lipinski definition) is 3. The van der Waals surface area contributed by atoms with Crippen LogP contribution in [0.3, 0.4) is 0 Å². The Labute approximate surface area is 113 Å². The lowest BCUT2D eigenvalue weighted by Crippen LogP contribution is -2.46. The van der Waals surface area contributed by atoms with Crippen LogP contribution in [-0.4, -0.2) is 42.1 Å². The van der Waals surface area contributed by atoms with Gasteiger partial charge in [0.15, 0.2) is 0 Å². The van der Waals surface area contributed by atoms with E-state index in [-0.39, 0.29) is 18.9 Å². The van der Waals surface area contributed by atoms with Crippen LogP contribution in [0.25, 0.3) is 0 Å². The molecule has 0 bridgehead atoms. The molecule has 0 aliphatic heterocycles. The molecule has 0 aromatic carbocycles. The van der Waals surface area contributed by atoms with Gasteiger partial charge in [0, 0.05) is 19.5 Å². The fraction of sp³-hybridized carbons (Fsp3) is 0.750. The Balaban J connectivity index is 3.85. The Kier molecular flexibility index (Phi) is 9.20. The molecule has 0 saturated heterocycles. The van der Waals surface area contributed by atoms with Gasteiger partial charge < -0.3 is 21.1 Å². The van der Waals surface area contributed by atoms with Crippen LogP contribution in [0.1, 0.15) is 39.5 Å². The van der Waals surface area contributed by atoms with Gasteiger partial charge in [0.1, 0.15) is 6.04 Å². The molecule has 3 amide bonds. The zero-order chi connectivity index (χ0) is 14.7. The SMILES string of the molecule is CCCNC(=O)CCNC(=O)N[C@H](CCC)C(=O)O. The van der Waals surface area contributed by atoms with Crippen molar-refractivity contribution in [3.63, 3.8) is 0 Å². The minimum Gasteiger partial charge on any atom is -0.480 e. The van der Waals surface area contributed by atoms with Gasteiger partial charge in [0.25, 0.3) is 0 Å². The quantitative estimate of drug-likeness (QED) is 0.489. The summed E-state index contributed by atoms with van der Waals surface area (Å²) in [5.41, 5.74) is 0. The maximum atomic E-state index is 11.4. The van der Waals surface area contributed by atoms with Crippen molar-refractivity contribution in [2.24, 2.45) is 0 Å². The van der Waals surface area contributed by atoms with Gasteiger partial charge in [-0.2, -0.15) is 0 Å². The molecule has 0 aromatic rings. The largest absolute Gasteiger partial charge is 0.480 e. The van der Waals surface area contributed by atoms with E-state index in [0.717, 1.165) is 6.42 Å². The van der Waals surface area contributed by atoms with Crippen LogP contribution in [0, 0.1) is 0 Å². The lowest BCUT2D eigenvalue weighted by molar-refractivity contribution is -0.139. The van der Waals surface area contributed by atoms with E-state index < -0.39 is 18.0 Å². The summed E-state index contributed by atoms with van der Waals surface area (Å²) in [5.74, 6) is -1.19. The molecule has 0 unspecified atom stereocenters. The second-order valence-electron chi connectivity index (χ2n) is 4.18. The highest BCUT2D eigenvalue weighted by Crippen LogP contribution is 1.96. The van der Waals surface area contributed by atoms with E-state index in [2.05, 4.69) is 16.0 Å². The van der Waals surface area contributed by atoms with Crippen LogP contribution >= 0.6 is 0 Å². The van der Waals surface area contributed by atoms with Gasteiger partial charge in [-0.25, -0.2) is 9.59 Å². The van der Waals surface area contributed by atoms with Gasteiger partial charge in [-0.05, 0) is 12.8 Å². The summed E-state index contributed by atoms with van der Waals surface area (Å²) in [6.07, 6.45) is 2.08. The molecule has 0 heterocycles. The van der Waals surface area contributed by atoms with Crippen LogP contribution in [0.15, 0.2) is 0 Å². The summed E-state index contributed by atoms with van der Waals surface area (Å²) in [6.45, 7) is 4.59. The summed E-state index contributed by atoms with van der Waals surface area (Å²) < 4.78 is 0. The maximum Gasteiger partial charge on any atom is 0.326 e. The molecule has 0 saturated carbocycles. The van der Waals surface area contributed by atoms with Crippen molar-refractivity contribution in [2.75, 3.05) is 13.1 Å². The van der Waals surface area contributed by atoms with Gasteiger partial charge in [-0.3, -0.25) is 4.79 Å². The van der Waals surface area contributed by atoms with Crippen molar-refractivity contribution in [1.29, 1.82) is 0 Å². The van der Waals surface area contributed by atoms with Gasteiger partial charge in [-0.1, -0.05) is 20.3 Å². The second kappa shape index (κ2) is 10.2. The van der Waals surface area contributed by atoms with Crippen LogP contribution < -0.4 is 16.0 Å². The number of carbonyl (C=O) groups is 3. The predicted molar refractivity (Wildman–Crippen MR) is 70.8 cm³/mol. The fourth-order valence-electron chi connectivity index (χ4n) is 1.40. The lowest BCUT2D eigenvalue weighted by atomic mass is 10.2. The Morgan fingerprint density at radius 2 is 1.74 bits per heavy atom. The third-order valence-electron chi connectivity index (χ3n) is 2.39. The second-order valence-corrected chi connectivity index (χ2v) is 4.18. The average molecular weight is 273 g/mol. The molecule has 1 atom stereocenters. The zero-order valence-electron chi connectivity index (χ0n) is 11.5. The van der Waals surface area contributed by atoms with Gasteiger partial charge >= 0.3 is 12.0 Å². The number of carboxylic acid groups (broad SMARTS) is 1. The normalized spacial score (nSPS) is 11.5. The molecule has 19 heavy (non-hydrogen) atoms. The van der Waals surface area contributed by atoms with Crippen molar-refractivity contribution in [2.45, 2.75) is 45.6 Å². The summed E-state index contributed by atoms with van der Waals surface area (Å²) >= 11 is 0. The van der Waals surface area contributed by atoms with E-state index in [1.807, 2.05) is 13.8 Å². The van der Waals surface area contributed by atoms with Crippen LogP contribution in [-0.2, 0) is 9.59 Å². The highest BCUT2D eigenvalue weighted by Gasteiger charge is 2.18. The van der Waals surface area contributed by atoms with Crippen LogP contribution in [0.4, 0.5) is 4.79 Å². The number of nitrogens with one attached hydrogen (secondary N) is 3. The van der Waals surface area contributed by atoms with Crippen molar-refractivity contribution in [1.82, 2.24) is 16.0 Å². The number of urea groups is 1. The molecule has 4 N–H and O–H groups in total. The van der Waals surface area contributed by atoms with E-state index >= 15 is 0 Å². The maximum absolute atomic E-state index is 11.4. The van der Waals surface area contributed by atoms with E-state index in [4.69, 9.17) is 5.11 Å². The highest BCUT2D eigenvalue weighted by molar-refractivity contribution is 5.83. The third kappa shape index (κ3) is 8.87. The first-order valence-electron chi connectivity index (χ1n) is 6.55. The monoisotopic (exact) mass is 273 g/mol. The Hall–Kier alpha value is -1.79. The molecule has 7 nitrogen and oxygen atoms in total. The number of carbonyl (C=O) groups excluding carboxylic acids is 2. The molecule has 0 aliphatic carbocycles. The van der Waals surface area contributed by atoms with Crippen molar-refractivity contribution < 1.29 is 19.5 Å². The number of amides is 3. The molecule has 110 valence electrons. The number of carboxylic acids is 1. The summed E-state index contributed by atoms with van der Waals surface area (Å²) in [4.78, 5) is 33.5. The van der Waals surface area contributed by atoms with Crippen molar-refractivity contribution in [3.05, 3.63) is 0 Å². The predicted octanol–water partition coefficient (Wildman–Crippen LogP) is 0.455. The molecule has 0 aliphatic rings. The summed E-state index contributed by atoms with van der Waals surface area (Å²) in [7, 11) is 0. The average Bonchev–Trinajstić information content (AvgIpc) is 2.35. The van der Waals surface area contributed by atoms with Crippen LogP contribution in [0.2, 0.25) is 0 Å². The van der Waals surface area contributed by atoms with Crippen LogP contribution in [0.5, 0.6) is 0 Å². The third-order valence-corrected chi connectivity index (χ3v) is 2.39. The minimum atomic E-state index is -1.06. The summed E-state index contributed by atoms with van der Waals surface area (Å²) in [5, 5.41) is 16.4. The number of hydrogen-bond donors (Lipinski definition) is 4. The van der Waals surface area contributed by atoms with Crippen molar-refractivity contribution in [3.8, 4) is 0 Å². The number of rotatable bonds is 9. The smallest absolute Gasteiger partial charge is 0.326 e. The first kappa shape index (κ1) is 17.2. The van der Waals surface area contributed by atoms with Crippen molar-refractivity contribution >= 4 is 17.9 Å². The van der Waals surface area contributed by atoms with E-state index in [1.54, 1.807) is 0 Å². The standard InChI is InChI=1S/C12H23N3O4/c1-3-5-9(11(17)18)15-12(19)14-8-6-10(16)13-7-4-2/h9H,3-8H2,1-2H3,(H,13,16)(H,17,18)(H2,14,15,19)/t9-/m1/s1. The van der Waals surface area contributed by atoms with E-state index in [0.29, 0.717) is 19.4 Å². The molecule has 0 spiro atoms. The first-order valence-corrected chi connectivity index (χ1v) is 6.55. The molecular weight excluding hydrogens is 250 g/mol. The molecule has 0 aromatic heterocycles. The van der Waals surface area contributed by atoms with Gasteiger partial charge in [0.2, 0.25) is 5.91 Å². The molecule has 0 rings (SSSR count). The first-order chi connectivity index (χ1) is 9.01. The van der Waals surface area contributed by atoms with Gasteiger partial charge in [0.05, 0.1) is 0 Å². The lowest BCUT2D eigenvalue weighted by Gasteiger charge is -2.14. The molecular formula is C12H23N3O4. The zero-order valence-corrected chi connectivity index (χ0v) is 11.5. The van der Waals surface area contributed by atoms with E-state index in [9.17, 15) is 14.4 Å². The Morgan fingerprint density at radius 1 is 1.05 bits per heavy atom. The Morgan fingerprint density at radius 3 is 2.26 bits per heavy atom. The Bertz CT molecular complexity index is 307. The fourth-order valence-corrected chi connectivity index (χ4v) is 1.40. The molecule has 0 fully saturated rings. The number of aliphatic carboxylic acids is 1. The summed E-state index contributed by atoms with van der Waals surface area (Å²) in [6, 6.07) is -1.46. The minimum absolute atomic E-state index is 0.134. The topological polar surface area (TPSA) is 108 Å². The molecule has 0 radical (unpaired) electrons. The highest BCUT2D eigenvalue weighted by atomic mass is 16.4. The van der Waals surface area contributed by atoms with Gasteiger partial charge in [-0.15, -0.1) is 0 Å². The molecule has 7 heteroatoms. The van der Waals surface area contributed by atoms with E-state index in [1.165, 1.54) is 0 Å².